The van der Waals surface area contributed by atoms with Crippen LogP contribution in [-0.4, -0.2) is 17.5 Å². The SMILES string of the molecule is CC(C)c1ccc(P)c2c1CCN(C(C)C)C2. The number of nitrogens with zero attached hydrogens (tertiary/aromatic N) is 1. The molecule has 1 aromatic rings. The fraction of sp³-hybridized carbons (Fsp3) is 0.600. The summed E-state index contributed by atoms with van der Waals surface area (Å²) in [4.78, 5) is 2.57. The Labute approximate surface area is 108 Å². The van der Waals surface area contributed by atoms with Crippen molar-refractivity contribution in [2.24, 2.45) is 0 Å². The normalized spacial score (nSPS) is 16.6. The fourth-order valence-electron chi connectivity index (χ4n) is 2.73. The molecule has 0 bridgehead atoms. The van der Waals surface area contributed by atoms with Gasteiger partial charge in [0.2, 0.25) is 0 Å². The van der Waals surface area contributed by atoms with Gasteiger partial charge in [0.1, 0.15) is 0 Å². The molecule has 2 rings (SSSR count). The van der Waals surface area contributed by atoms with Gasteiger partial charge >= 0.3 is 0 Å². The Morgan fingerprint density at radius 1 is 1.12 bits per heavy atom. The van der Waals surface area contributed by atoms with Crippen LogP contribution in [0.25, 0.3) is 0 Å². The van der Waals surface area contributed by atoms with E-state index in [1.807, 2.05) is 0 Å². The van der Waals surface area contributed by atoms with Crippen LogP contribution in [0.5, 0.6) is 0 Å². The second-order valence-electron chi connectivity index (χ2n) is 5.67. The maximum absolute atomic E-state index is 2.90. The Kier molecular flexibility index (Phi) is 3.90. The molecule has 0 N–H and O–H groups in total. The Morgan fingerprint density at radius 2 is 1.82 bits per heavy atom. The third kappa shape index (κ3) is 2.56. The van der Waals surface area contributed by atoms with Crippen LogP contribution < -0.4 is 5.30 Å². The predicted molar refractivity (Wildman–Crippen MR) is 79.1 cm³/mol. The molecule has 0 aliphatic carbocycles. The number of hydrogen-bond donors (Lipinski definition) is 0. The largest absolute Gasteiger partial charge is 0.296 e. The summed E-state index contributed by atoms with van der Waals surface area (Å²) in [5.41, 5.74) is 4.72. The van der Waals surface area contributed by atoms with Crippen LogP contribution >= 0.6 is 9.24 Å². The van der Waals surface area contributed by atoms with Crippen molar-refractivity contribution in [1.82, 2.24) is 4.90 Å². The van der Waals surface area contributed by atoms with Crippen molar-refractivity contribution < 1.29 is 0 Å². The van der Waals surface area contributed by atoms with Crippen molar-refractivity contribution in [3.63, 3.8) is 0 Å². The van der Waals surface area contributed by atoms with E-state index in [0.29, 0.717) is 12.0 Å². The molecule has 1 aromatic carbocycles. The zero-order valence-corrected chi connectivity index (χ0v) is 12.6. The molecule has 1 atom stereocenters. The summed E-state index contributed by atoms with van der Waals surface area (Å²) in [7, 11) is 2.90. The van der Waals surface area contributed by atoms with E-state index in [-0.39, 0.29) is 0 Å². The van der Waals surface area contributed by atoms with Gasteiger partial charge in [0, 0.05) is 19.1 Å². The highest BCUT2D eigenvalue weighted by molar-refractivity contribution is 7.27. The maximum Gasteiger partial charge on any atom is 0.0245 e. The summed E-state index contributed by atoms with van der Waals surface area (Å²) in [5.74, 6) is 0.639. The van der Waals surface area contributed by atoms with E-state index in [0.717, 1.165) is 6.54 Å². The minimum absolute atomic E-state index is 0.639. The fourth-order valence-corrected chi connectivity index (χ4v) is 3.09. The minimum atomic E-state index is 0.639. The van der Waals surface area contributed by atoms with E-state index < -0.39 is 0 Å². The first-order valence-electron chi connectivity index (χ1n) is 6.65. The third-order valence-corrected chi connectivity index (χ3v) is 4.41. The summed E-state index contributed by atoms with van der Waals surface area (Å²) in [5, 5.41) is 1.38. The van der Waals surface area contributed by atoms with Crippen LogP contribution in [0, 0.1) is 0 Å². The van der Waals surface area contributed by atoms with Crippen LogP contribution in [-0.2, 0) is 13.0 Å². The molecule has 0 saturated carbocycles. The quantitative estimate of drug-likeness (QED) is 0.728. The molecule has 1 unspecified atom stereocenters. The van der Waals surface area contributed by atoms with E-state index in [2.05, 4.69) is 54.0 Å². The van der Waals surface area contributed by atoms with Gasteiger partial charge < -0.3 is 0 Å². The summed E-state index contributed by atoms with van der Waals surface area (Å²) >= 11 is 0. The first-order valence-corrected chi connectivity index (χ1v) is 7.22. The zero-order chi connectivity index (χ0) is 12.6. The van der Waals surface area contributed by atoms with E-state index in [4.69, 9.17) is 0 Å². The van der Waals surface area contributed by atoms with Crippen molar-refractivity contribution in [2.45, 2.75) is 52.6 Å². The molecule has 0 saturated heterocycles. The number of benzene rings is 1. The molecular formula is C15H24NP. The van der Waals surface area contributed by atoms with Crippen LogP contribution in [0.3, 0.4) is 0 Å². The van der Waals surface area contributed by atoms with Crippen molar-refractivity contribution in [2.75, 3.05) is 6.54 Å². The van der Waals surface area contributed by atoms with Gasteiger partial charge in [-0.25, -0.2) is 0 Å². The summed E-state index contributed by atoms with van der Waals surface area (Å²) in [6.07, 6.45) is 1.21. The minimum Gasteiger partial charge on any atom is -0.296 e. The van der Waals surface area contributed by atoms with Gasteiger partial charge in [0.05, 0.1) is 0 Å². The molecule has 0 spiro atoms. The lowest BCUT2D eigenvalue weighted by molar-refractivity contribution is 0.203. The third-order valence-electron chi connectivity index (χ3n) is 3.87. The lowest BCUT2D eigenvalue weighted by atomic mass is 9.88. The average Bonchev–Trinajstić information content (AvgIpc) is 2.28. The van der Waals surface area contributed by atoms with E-state index in [9.17, 15) is 0 Å². The zero-order valence-electron chi connectivity index (χ0n) is 11.5. The second-order valence-corrected chi connectivity index (χ2v) is 6.29. The van der Waals surface area contributed by atoms with Crippen molar-refractivity contribution in [3.8, 4) is 0 Å². The monoisotopic (exact) mass is 249 g/mol. The molecule has 17 heavy (non-hydrogen) atoms. The number of fused-ring (bicyclic) bond motifs is 1. The van der Waals surface area contributed by atoms with Gasteiger partial charge in [-0.15, -0.1) is 9.24 Å². The van der Waals surface area contributed by atoms with Crippen LogP contribution in [0.4, 0.5) is 0 Å². The van der Waals surface area contributed by atoms with Gasteiger partial charge in [-0.1, -0.05) is 26.0 Å². The van der Waals surface area contributed by atoms with Crippen molar-refractivity contribution >= 4 is 14.5 Å². The van der Waals surface area contributed by atoms with Crippen LogP contribution in [0.15, 0.2) is 12.1 Å². The second kappa shape index (κ2) is 5.08. The molecule has 2 heteroatoms. The average molecular weight is 249 g/mol. The lowest BCUT2D eigenvalue weighted by Gasteiger charge is -2.34. The Hall–Kier alpha value is -0.390. The van der Waals surface area contributed by atoms with E-state index >= 15 is 0 Å². The van der Waals surface area contributed by atoms with E-state index in [1.165, 1.54) is 18.3 Å². The molecule has 1 heterocycles. The summed E-state index contributed by atoms with van der Waals surface area (Å²) in [6.45, 7) is 11.5. The molecule has 0 radical (unpaired) electrons. The smallest absolute Gasteiger partial charge is 0.0245 e. The standard InChI is InChI=1S/C15H24NP/c1-10(2)12-5-6-15(17)14-9-16(11(3)4)8-7-13(12)14/h5-6,10-11H,7-9,17H2,1-4H3. The van der Waals surface area contributed by atoms with Gasteiger partial charge in [-0.3, -0.25) is 4.90 Å². The molecule has 94 valence electrons. The van der Waals surface area contributed by atoms with Gasteiger partial charge in [-0.2, -0.15) is 0 Å². The van der Waals surface area contributed by atoms with E-state index in [1.54, 1.807) is 16.7 Å². The molecule has 1 aliphatic rings. The van der Waals surface area contributed by atoms with Gasteiger partial charge in [-0.05, 0) is 48.2 Å². The molecule has 1 aliphatic heterocycles. The Balaban J connectivity index is 2.40. The Morgan fingerprint density at radius 3 is 2.41 bits per heavy atom. The predicted octanol–water partition coefficient (Wildman–Crippen LogP) is 3.08. The summed E-state index contributed by atoms with van der Waals surface area (Å²) in [6, 6.07) is 5.23. The molecule has 0 aromatic heterocycles. The molecule has 1 nitrogen and oxygen atoms in total. The first-order chi connectivity index (χ1) is 8.00. The van der Waals surface area contributed by atoms with Gasteiger partial charge in [0.25, 0.3) is 0 Å². The van der Waals surface area contributed by atoms with Crippen LogP contribution in [0.1, 0.15) is 50.3 Å². The number of hydrogen-bond acceptors (Lipinski definition) is 1. The highest BCUT2D eigenvalue weighted by Gasteiger charge is 2.22. The maximum atomic E-state index is 2.90. The molecular weight excluding hydrogens is 225 g/mol. The van der Waals surface area contributed by atoms with Crippen molar-refractivity contribution in [1.29, 1.82) is 0 Å². The molecule has 0 amide bonds. The van der Waals surface area contributed by atoms with Crippen LogP contribution in [0.2, 0.25) is 0 Å². The first kappa shape index (κ1) is 13.1. The highest BCUT2D eigenvalue weighted by Crippen LogP contribution is 2.28. The molecule has 0 fully saturated rings. The lowest BCUT2D eigenvalue weighted by Crippen LogP contribution is -2.38. The summed E-state index contributed by atoms with van der Waals surface area (Å²) < 4.78 is 0. The van der Waals surface area contributed by atoms with Crippen molar-refractivity contribution in [3.05, 3.63) is 28.8 Å². The Bertz CT molecular complexity index is 410. The number of rotatable bonds is 2. The highest BCUT2D eigenvalue weighted by atomic mass is 31.0. The topological polar surface area (TPSA) is 3.24 Å². The van der Waals surface area contributed by atoms with Gasteiger partial charge in [0.15, 0.2) is 0 Å².